The summed E-state index contributed by atoms with van der Waals surface area (Å²) in [7, 11) is 0. The largest absolute Gasteiger partial charge is 0.383 e. The number of ketones is 1. The predicted octanol–water partition coefficient (Wildman–Crippen LogP) is 3.96. The van der Waals surface area contributed by atoms with Gasteiger partial charge in [-0.25, -0.2) is 4.98 Å². The number of nitrogen functional groups attached to an aromatic ring is 1. The zero-order valence-corrected chi connectivity index (χ0v) is 16.2. The molecular weight excluding hydrogens is 402 g/mol. The Labute approximate surface area is 175 Å². The van der Waals surface area contributed by atoms with Crippen LogP contribution in [0.25, 0.3) is 11.1 Å². The Morgan fingerprint density at radius 2 is 1.70 bits per heavy atom. The minimum absolute atomic E-state index is 0.0293. The van der Waals surface area contributed by atoms with Crippen LogP contribution in [-0.2, 0) is 0 Å². The normalized spacial score (nSPS) is 10.1. The van der Waals surface area contributed by atoms with Crippen molar-refractivity contribution in [2.75, 3.05) is 11.5 Å². The number of thioether (sulfide) groups is 1. The van der Waals surface area contributed by atoms with Gasteiger partial charge in [-0.3, -0.25) is 14.9 Å². The van der Waals surface area contributed by atoms with Gasteiger partial charge in [0.25, 0.3) is 5.69 Å². The molecule has 0 radical (unpaired) electrons. The summed E-state index contributed by atoms with van der Waals surface area (Å²) in [6, 6.07) is 18.5. The summed E-state index contributed by atoms with van der Waals surface area (Å²) in [5, 5.41) is 30.6. The smallest absolute Gasteiger partial charge is 0.280 e. The van der Waals surface area contributed by atoms with Crippen LogP contribution in [0.2, 0.25) is 0 Å². The number of para-hydroxylation sites is 1. The van der Waals surface area contributed by atoms with E-state index in [1.54, 1.807) is 30.3 Å². The van der Waals surface area contributed by atoms with E-state index in [0.29, 0.717) is 11.1 Å². The third kappa shape index (κ3) is 3.97. The molecule has 0 atom stereocenters. The molecule has 0 spiro atoms. The molecule has 9 heteroatoms. The summed E-state index contributed by atoms with van der Waals surface area (Å²) in [6.45, 7) is 0. The number of nitriles is 2. The van der Waals surface area contributed by atoms with Crippen molar-refractivity contribution in [1.29, 1.82) is 10.5 Å². The molecule has 1 aromatic heterocycles. The number of benzene rings is 2. The second-order valence-corrected chi connectivity index (χ2v) is 6.97. The van der Waals surface area contributed by atoms with Crippen molar-refractivity contribution in [1.82, 2.24) is 4.98 Å². The van der Waals surface area contributed by atoms with Crippen LogP contribution in [0.5, 0.6) is 0 Å². The fourth-order valence-electron chi connectivity index (χ4n) is 2.88. The molecule has 30 heavy (non-hydrogen) atoms. The first-order valence-electron chi connectivity index (χ1n) is 8.56. The summed E-state index contributed by atoms with van der Waals surface area (Å²) in [6.07, 6.45) is 0. The minimum Gasteiger partial charge on any atom is -0.383 e. The van der Waals surface area contributed by atoms with E-state index in [4.69, 9.17) is 5.73 Å². The van der Waals surface area contributed by atoms with Gasteiger partial charge in [0, 0.05) is 11.6 Å². The Kier molecular flexibility index (Phi) is 6.06. The van der Waals surface area contributed by atoms with Crippen molar-refractivity contribution in [2.45, 2.75) is 5.03 Å². The van der Waals surface area contributed by atoms with E-state index in [-0.39, 0.29) is 39.0 Å². The summed E-state index contributed by atoms with van der Waals surface area (Å²) < 4.78 is 0. The third-order valence-electron chi connectivity index (χ3n) is 4.22. The monoisotopic (exact) mass is 415 g/mol. The number of hydrogen-bond acceptors (Lipinski definition) is 8. The minimum atomic E-state index is -0.621. The van der Waals surface area contributed by atoms with Gasteiger partial charge in [0.05, 0.1) is 21.8 Å². The number of carbonyl (C=O) groups is 1. The lowest BCUT2D eigenvalue weighted by molar-refractivity contribution is -0.385. The molecule has 146 valence electrons. The van der Waals surface area contributed by atoms with E-state index in [2.05, 4.69) is 4.98 Å². The number of rotatable bonds is 6. The number of Topliss-reactive ketones (excluding diaryl/α,β-unsaturated/α-hetero) is 1. The van der Waals surface area contributed by atoms with Crippen LogP contribution in [0.3, 0.4) is 0 Å². The number of nitro benzene ring substituents is 1. The van der Waals surface area contributed by atoms with Gasteiger partial charge < -0.3 is 5.73 Å². The Bertz CT molecular complexity index is 1230. The van der Waals surface area contributed by atoms with E-state index >= 15 is 0 Å². The van der Waals surface area contributed by atoms with Crippen molar-refractivity contribution >= 4 is 29.1 Å². The van der Waals surface area contributed by atoms with E-state index in [0.717, 1.165) is 11.8 Å². The summed E-state index contributed by atoms with van der Waals surface area (Å²) in [4.78, 5) is 27.3. The molecule has 3 aromatic rings. The summed E-state index contributed by atoms with van der Waals surface area (Å²) in [5.41, 5.74) is 6.78. The highest BCUT2D eigenvalue weighted by Gasteiger charge is 2.23. The number of nitrogens with zero attached hydrogens (tertiary/aromatic N) is 4. The molecule has 8 nitrogen and oxygen atoms in total. The van der Waals surface area contributed by atoms with Gasteiger partial charge >= 0.3 is 0 Å². The zero-order chi connectivity index (χ0) is 21.7. The molecule has 0 aliphatic rings. The van der Waals surface area contributed by atoms with E-state index in [1.807, 2.05) is 12.1 Å². The average Bonchev–Trinajstić information content (AvgIpc) is 2.77. The van der Waals surface area contributed by atoms with Crippen LogP contribution in [0.1, 0.15) is 21.5 Å². The Morgan fingerprint density at radius 1 is 1.07 bits per heavy atom. The Morgan fingerprint density at radius 3 is 2.33 bits per heavy atom. The van der Waals surface area contributed by atoms with Crippen LogP contribution in [0.15, 0.2) is 59.6 Å². The van der Waals surface area contributed by atoms with Gasteiger partial charge in [-0.1, -0.05) is 54.2 Å². The second-order valence-electron chi connectivity index (χ2n) is 6.00. The highest BCUT2D eigenvalue weighted by Crippen LogP contribution is 2.35. The predicted molar refractivity (Wildman–Crippen MR) is 112 cm³/mol. The molecule has 0 unspecified atom stereocenters. The molecule has 0 aliphatic heterocycles. The lowest BCUT2D eigenvalue weighted by Gasteiger charge is -2.12. The zero-order valence-electron chi connectivity index (χ0n) is 15.4. The van der Waals surface area contributed by atoms with Crippen LogP contribution in [0.4, 0.5) is 11.5 Å². The van der Waals surface area contributed by atoms with Gasteiger partial charge in [-0.2, -0.15) is 10.5 Å². The maximum Gasteiger partial charge on any atom is 0.280 e. The van der Waals surface area contributed by atoms with Crippen LogP contribution in [0, 0.1) is 32.8 Å². The molecule has 0 fully saturated rings. The lowest BCUT2D eigenvalue weighted by Crippen LogP contribution is -2.08. The molecule has 0 bridgehead atoms. The number of anilines is 1. The topological polar surface area (TPSA) is 147 Å². The number of aromatic nitrogens is 1. The number of pyridine rings is 1. The number of nitrogens with two attached hydrogens (primary N) is 1. The summed E-state index contributed by atoms with van der Waals surface area (Å²) >= 11 is 0.942. The number of carbonyl (C=O) groups excluding carboxylic acids is 1. The van der Waals surface area contributed by atoms with Crippen LogP contribution < -0.4 is 5.73 Å². The molecule has 0 saturated heterocycles. The Hall–Kier alpha value is -4.21. The summed E-state index contributed by atoms with van der Waals surface area (Å²) in [5.74, 6) is -0.732. The second kappa shape index (κ2) is 8.86. The third-order valence-corrected chi connectivity index (χ3v) is 5.19. The Balaban J connectivity index is 2.01. The van der Waals surface area contributed by atoms with Gasteiger partial charge in [-0.05, 0) is 11.6 Å². The van der Waals surface area contributed by atoms with E-state index in [1.165, 1.54) is 24.3 Å². The first kappa shape index (κ1) is 20.5. The highest BCUT2D eigenvalue weighted by molar-refractivity contribution is 8.00. The van der Waals surface area contributed by atoms with Crippen molar-refractivity contribution in [3.05, 3.63) is 81.4 Å². The average molecular weight is 415 g/mol. The number of hydrogen-bond donors (Lipinski definition) is 1. The van der Waals surface area contributed by atoms with Gasteiger partial charge in [0.1, 0.15) is 28.5 Å². The molecular formula is C21H13N5O3S. The molecule has 0 amide bonds. The molecule has 2 N–H and O–H groups in total. The lowest BCUT2D eigenvalue weighted by atomic mass is 9.97. The standard InChI is InChI=1S/C21H13N5O3S/c22-10-15-19(13-6-2-1-3-7-13)16(11-23)21(25-20(15)24)30-12-18(27)14-8-4-5-9-17(14)26(28)29/h1-9H,12H2,(H2,24,25). The van der Waals surface area contributed by atoms with E-state index < -0.39 is 10.7 Å². The molecule has 2 aromatic carbocycles. The van der Waals surface area contributed by atoms with Crippen molar-refractivity contribution < 1.29 is 9.72 Å². The van der Waals surface area contributed by atoms with Gasteiger partial charge in [0.15, 0.2) is 5.78 Å². The highest BCUT2D eigenvalue weighted by atomic mass is 32.2. The van der Waals surface area contributed by atoms with Gasteiger partial charge in [-0.15, -0.1) is 0 Å². The molecule has 3 rings (SSSR count). The van der Waals surface area contributed by atoms with Crippen molar-refractivity contribution in [3.8, 4) is 23.3 Å². The van der Waals surface area contributed by atoms with Crippen LogP contribution >= 0.6 is 11.8 Å². The molecule has 0 aliphatic carbocycles. The first-order valence-corrected chi connectivity index (χ1v) is 9.55. The SMILES string of the molecule is N#Cc1c(N)nc(SCC(=O)c2ccccc2[N+](=O)[O-])c(C#N)c1-c1ccccc1. The maximum atomic E-state index is 12.6. The number of nitro groups is 1. The maximum absolute atomic E-state index is 12.6. The van der Waals surface area contributed by atoms with Gasteiger partial charge in [0.2, 0.25) is 0 Å². The first-order chi connectivity index (χ1) is 14.5. The van der Waals surface area contributed by atoms with E-state index in [9.17, 15) is 25.4 Å². The van der Waals surface area contributed by atoms with Crippen LogP contribution in [-0.4, -0.2) is 21.4 Å². The van der Waals surface area contributed by atoms with Crippen molar-refractivity contribution in [3.63, 3.8) is 0 Å². The fourth-order valence-corrected chi connectivity index (χ4v) is 3.75. The fraction of sp³-hybridized carbons (Fsp3) is 0.0476. The quantitative estimate of drug-likeness (QED) is 0.275. The van der Waals surface area contributed by atoms with Crippen molar-refractivity contribution in [2.24, 2.45) is 0 Å². The molecule has 1 heterocycles. The molecule has 0 saturated carbocycles.